The van der Waals surface area contributed by atoms with Crippen LogP contribution in [0.1, 0.15) is 30.6 Å². The first kappa shape index (κ1) is 15.2. The largest absolute Gasteiger partial charge is 0.493 e. The van der Waals surface area contributed by atoms with E-state index >= 15 is 0 Å². The van der Waals surface area contributed by atoms with Gasteiger partial charge in [0, 0.05) is 24.6 Å². The van der Waals surface area contributed by atoms with Gasteiger partial charge in [-0.25, -0.2) is 0 Å². The van der Waals surface area contributed by atoms with Crippen molar-refractivity contribution in [2.24, 2.45) is 11.8 Å². The number of hydrogen-bond donors (Lipinski definition) is 1. The van der Waals surface area contributed by atoms with Gasteiger partial charge in [0.1, 0.15) is 0 Å². The Labute approximate surface area is 130 Å². The quantitative estimate of drug-likeness (QED) is 0.923. The van der Waals surface area contributed by atoms with Gasteiger partial charge in [-0.3, -0.25) is 4.79 Å². The van der Waals surface area contributed by atoms with Gasteiger partial charge in [-0.15, -0.1) is 0 Å². The number of rotatable bonds is 4. The van der Waals surface area contributed by atoms with Gasteiger partial charge in [0.2, 0.25) is 0 Å². The molecule has 1 aliphatic carbocycles. The van der Waals surface area contributed by atoms with Crippen LogP contribution in [0.15, 0.2) is 18.2 Å². The first-order valence-electron chi connectivity index (χ1n) is 7.81. The summed E-state index contributed by atoms with van der Waals surface area (Å²) in [7, 11) is 1.57. The second-order valence-corrected chi connectivity index (χ2v) is 6.47. The smallest absolute Gasteiger partial charge is 0.254 e. The van der Waals surface area contributed by atoms with Gasteiger partial charge in [-0.1, -0.05) is 0 Å². The highest BCUT2D eigenvalue weighted by molar-refractivity contribution is 5.95. The summed E-state index contributed by atoms with van der Waals surface area (Å²) in [5.74, 6) is 1.93. The third-order valence-corrected chi connectivity index (χ3v) is 4.59. The number of amides is 1. The molecule has 1 saturated heterocycles. The van der Waals surface area contributed by atoms with E-state index in [9.17, 15) is 9.90 Å². The Kier molecular flexibility index (Phi) is 4.00. The summed E-state index contributed by atoms with van der Waals surface area (Å²) in [6.07, 6.45) is 0.629. The van der Waals surface area contributed by atoms with Crippen LogP contribution < -0.4 is 9.47 Å². The maximum Gasteiger partial charge on any atom is 0.254 e. The SMILES string of the molecule is COc1cc(C(=O)N2C[C@H]3C[C@@H](O)[C@H]3C2)ccc1OC(C)C. The zero-order valence-electron chi connectivity index (χ0n) is 13.3. The van der Waals surface area contributed by atoms with Crippen LogP contribution in [0, 0.1) is 11.8 Å². The molecule has 0 radical (unpaired) electrons. The number of carbonyl (C=O) groups is 1. The molecule has 0 aromatic heterocycles. The van der Waals surface area contributed by atoms with E-state index < -0.39 is 0 Å². The molecular formula is C17H23NO4. The van der Waals surface area contributed by atoms with Crippen LogP contribution in [-0.4, -0.2) is 48.3 Å². The molecule has 3 rings (SSSR count). The molecule has 0 spiro atoms. The molecule has 5 heteroatoms. The van der Waals surface area contributed by atoms with E-state index in [1.54, 1.807) is 25.3 Å². The van der Waals surface area contributed by atoms with Crippen molar-refractivity contribution in [1.82, 2.24) is 4.90 Å². The molecule has 1 heterocycles. The minimum atomic E-state index is -0.237. The number of fused-ring (bicyclic) bond motifs is 1. The molecule has 1 N–H and O–H groups in total. The van der Waals surface area contributed by atoms with Crippen molar-refractivity contribution in [3.05, 3.63) is 23.8 Å². The van der Waals surface area contributed by atoms with Gasteiger partial charge in [0.15, 0.2) is 11.5 Å². The zero-order chi connectivity index (χ0) is 15.9. The zero-order valence-corrected chi connectivity index (χ0v) is 13.3. The highest BCUT2D eigenvalue weighted by atomic mass is 16.5. The number of aliphatic hydroxyl groups is 1. The Balaban J connectivity index is 1.75. The van der Waals surface area contributed by atoms with Crippen LogP contribution in [0.2, 0.25) is 0 Å². The summed E-state index contributed by atoms with van der Waals surface area (Å²) in [6, 6.07) is 5.29. The van der Waals surface area contributed by atoms with Crippen molar-refractivity contribution in [2.75, 3.05) is 20.2 Å². The standard InChI is InChI=1S/C17H23NO4/c1-10(2)22-15-5-4-11(7-16(15)21-3)17(20)18-8-12-6-14(19)13(12)9-18/h4-5,7,10,12-14,19H,6,8-9H2,1-3H3/t12-,13+,14-/m1/s1. The molecule has 1 amide bonds. The molecule has 1 aromatic rings. The number of carbonyl (C=O) groups excluding carboxylic acids is 1. The summed E-state index contributed by atoms with van der Waals surface area (Å²) in [6.45, 7) is 5.29. The first-order chi connectivity index (χ1) is 10.5. The van der Waals surface area contributed by atoms with E-state index in [1.807, 2.05) is 18.7 Å². The van der Waals surface area contributed by atoms with E-state index in [0.29, 0.717) is 29.5 Å². The fourth-order valence-corrected chi connectivity index (χ4v) is 3.37. The maximum absolute atomic E-state index is 12.6. The van der Waals surface area contributed by atoms with Crippen molar-refractivity contribution in [3.63, 3.8) is 0 Å². The summed E-state index contributed by atoms with van der Waals surface area (Å²) in [5, 5.41) is 9.72. The second-order valence-electron chi connectivity index (χ2n) is 6.47. The molecule has 120 valence electrons. The Morgan fingerprint density at radius 2 is 2.09 bits per heavy atom. The molecule has 1 aromatic carbocycles. The van der Waals surface area contributed by atoms with Gasteiger partial charge in [0.25, 0.3) is 5.91 Å². The van der Waals surface area contributed by atoms with E-state index in [2.05, 4.69) is 0 Å². The van der Waals surface area contributed by atoms with E-state index in [0.717, 1.165) is 13.0 Å². The van der Waals surface area contributed by atoms with Crippen molar-refractivity contribution >= 4 is 5.91 Å². The van der Waals surface area contributed by atoms with Crippen molar-refractivity contribution in [2.45, 2.75) is 32.5 Å². The lowest BCUT2D eigenvalue weighted by Gasteiger charge is -2.34. The van der Waals surface area contributed by atoms with E-state index in [-0.39, 0.29) is 24.0 Å². The van der Waals surface area contributed by atoms with Crippen molar-refractivity contribution < 1.29 is 19.4 Å². The monoisotopic (exact) mass is 305 g/mol. The fraction of sp³-hybridized carbons (Fsp3) is 0.588. The number of hydrogen-bond acceptors (Lipinski definition) is 4. The highest BCUT2D eigenvalue weighted by Gasteiger charge is 2.47. The number of nitrogens with zero attached hydrogens (tertiary/aromatic N) is 1. The molecular weight excluding hydrogens is 282 g/mol. The van der Waals surface area contributed by atoms with Crippen LogP contribution >= 0.6 is 0 Å². The third kappa shape index (κ3) is 2.65. The highest BCUT2D eigenvalue weighted by Crippen LogP contribution is 2.41. The summed E-state index contributed by atoms with van der Waals surface area (Å²) in [4.78, 5) is 14.5. The molecule has 0 unspecified atom stereocenters. The Morgan fingerprint density at radius 1 is 1.32 bits per heavy atom. The van der Waals surface area contributed by atoms with Gasteiger partial charge >= 0.3 is 0 Å². The Bertz CT molecular complexity index is 572. The molecule has 3 atom stereocenters. The van der Waals surface area contributed by atoms with Gasteiger partial charge in [-0.2, -0.15) is 0 Å². The molecule has 22 heavy (non-hydrogen) atoms. The summed E-state index contributed by atoms with van der Waals surface area (Å²) >= 11 is 0. The lowest BCUT2D eigenvalue weighted by atomic mass is 9.74. The van der Waals surface area contributed by atoms with Crippen LogP contribution in [0.3, 0.4) is 0 Å². The molecule has 1 saturated carbocycles. The summed E-state index contributed by atoms with van der Waals surface area (Å²) in [5.41, 5.74) is 0.601. The third-order valence-electron chi connectivity index (χ3n) is 4.59. The predicted molar refractivity (Wildman–Crippen MR) is 82.3 cm³/mol. The molecule has 0 bridgehead atoms. The number of likely N-dealkylation sites (tertiary alicyclic amines) is 1. The van der Waals surface area contributed by atoms with E-state index in [1.165, 1.54) is 0 Å². The van der Waals surface area contributed by atoms with Crippen molar-refractivity contribution in [3.8, 4) is 11.5 Å². The van der Waals surface area contributed by atoms with Crippen LogP contribution in [0.4, 0.5) is 0 Å². The van der Waals surface area contributed by atoms with Crippen LogP contribution in [-0.2, 0) is 0 Å². The molecule has 2 aliphatic rings. The van der Waals surface area contributed by atoms with Gasteiger partial charge < -0.3 is 19.5 Å². The van der Waals surface area contributed by atoms with Crippen LogP contribution in [0.5, 0.6) is 11.5 Å². The first-order valence-corrected chi connectivity index (χ1v) is 7.81. The molecule has 2 fully saturated rings. The number of aliphatic hydroxyl groups excluding tert-OH is 1. The van der Waals surface area contributed by atoms with Crippen LogP contribution in [0.25, 0.3) is 0 Å². The topological polar surface area (TPSA) is 59.0 Å². The lowest BCUT2D eigenvalue weighted by Crippen LogP contribution is -2.39. The molecule has 5 nitrogen and oxygen atoms in total. The minimum absolute atomic E-state index is 0.00371. The minimum Gasteiger partial charge on any atom is -0.493 e. The number of benzene rings is 1. The lowest BCUT2D eigenvalue weighted by molar-refractivity contribution is -0.00427. The Morgan fingerprint density at radius 3 is 2.68 bits per heavy atom. The molecule has 1 aliphatic heterocycles. The fourth-order valence-electron chi connectivity index (χ4n) is 3.37. The second kappa shape index (κ2) is 5.80. The normalized spacial score (nSPS) is 26.6. The number of ether oxygens (including phenoxy) is 2. The van der Waals surface area contributed by atoms with Gasteiger partial charge in [0.05, 0.1) is 19.3 Å². The van der Waals surface area contributed by atoms with Gasteiger partial charge in [-0.05, 0) is 44.4 Å². The maximum atomic E-state index is 12.6. The average molecular weight is 305 g/mol. The Hall–Kier alpha value is -1.75. The summed E-state index contributed by atoms with van der Waals surface area (Å²) < 4.78 is 11.0. The predicted octanol–water partition coefficient (Wildman–Crippen LogP) is 1.94. The van der Waals surface area contributed by atoms with E-state index in [4.69, 9.17) is 9.47 Å². The average Bonchev–Trinajstić information content (AvgIpc) is 2.83. The number of methoxy groups -OCH3 is 1. The van der Waals surface area contributed by atoms with Crippen molar-refractivity contribution in [1.29, 1.82) is 0 Å².